The van der Waals surface area contributed by atoms with Crippen LogP contribution in [-0.2, 0) is 4.74 Å². The normalized spacial score (nSPS) is 14.7. The summed E-state index contributed by atoms with van der Waals surface area (Å²) >= 11 is 2.29. The summed E-state index contributed by atoms with van der Waals surface area (Å²) in [4.78, 5) is 28.6. The van der Waals surface area contributed by atoms with Crippen LogP contribution in [0.5, 0.6) is 0 Å². The fraction of sp³-hybridized carbons (Fsp3) is 0.333. The first-order chi connectivity index (χ1) is 14.8. The molecule has 4 rings (SSSR count). The van der Waals surface area contributed by atoms with E-state index in [2.05, 4.69) is 56.3 Å². The number of anilines is 1. The molecule has 6 nitrogen and oxygen atoms in total. The van der Waals surface area contributed by atoms with Gasteiger partial charge in [-0.15, -0.1) is 0 Å². The van der Waals surface area contributed by atoms with Gasteiger partial charge in [-0.3, -0.25) is 9.36 Å². The Morgan fingerprint density at radius 3 is 2.26 bits per heavy atom. The van der Waals surface area contributed by atoms with E-state index in [1.165, 1.54) is 0 Å². The molecule has 0 unspecified atom stereocenters. The average molecular weight is 531 g/mol. The summed E-state index contributed by atoms with van der Waals surface area (Å²) in [6.07, 6.45) is 0.655. The Kier molecular flexibility index (Phi) is 5.96. The van der Waals surface area contributed by atoms with E-state index < -0.39 is 5.60 Å². The SMILES string of the molecule is CC(C)(C)OC(=O)N1CCN(c2c(C=O)c3ccccc3n2-c2ccc(I)cc2)CC1. The summed E-state index contributed by atoms with van der Waals surface area (Å²) in [6, 6.07) is 16.3. The molecule has 7 heteroatoms. The van der Waals surface area contributed by atoms with E-state index in [1.807, 2.05) is 45.0 Å². The molecule has 162 valence electrons. The molecular weight excluding hydrogens is 505 g/mol. The molecule has 0 saturated carbocycles. The van der Waals surface area contributed by atoms with Crippen LogP contribution in [0.15, 0.2) is 48.5 Å². The molecule has 0 atom stereocenters. The van der Waals surface area contributed by atoms with Crippen molar-refractivity contribution in [2.24, 2.45) is 0 Å². The highest BCUT2D eigenvalue weighted by atomic mass is 127. The number of benzene rings is 2. The first kappa shape index (κ1) is 21.7. The van der Waals surface area contributed by atoms with Crippen molar-refractivity contribution in [2.75, 3.05) is 31.1 Å². The number of ether oxygens (including phenoxy) is 1. The first-order valence-electron chi connectivity index (χ1n) is 10.4. The predicted octanol–water partition coefficient (Wildman–Crippen LogP) is 5.10. The van der Waals surface area contributed by atoms with Crippen LogP contribution in [0.1, 0.15) is 31.1 Å². The van der Waals surface area contributed by atoms with E-state index in [1.54, 1.807) is 4.90 Å². The number of hydrogen-bond donors (Lipinski definition) is 0. The summed E-state index contributed by atoms with van der Waals surface area (Å²) in [5.74, 6) is 0.876. The second-order valence-electron chi connectivity index (χ2n) is 8.64. The van der Waals surface area contributed by atoms with Crippen molar-refractivity contribution < 1.29 is 14.3 Å². The van der Waals surface area contributed by atoms with E-state index >= 15 is 0 Å². The Bertz CT molecular complexity index is 1110. The van der Waals surface area contributed by atoms with E-state index in [9.17, 15) is 9.59 Å². The first-order valence-corrected chi connectivity index (χ1v) is 11.4. The molecule has 31 heavy (non-hydrogen) atoms. The number of para-hydroxylation sites is 1. The summed E-state index contributed by atoms with van der Waals surface area (Å²) in [7, 11) is 0. The minimum absolute atomic E-state index is 0.291. The number of nitrogens with zero attached hydrogens (tertiary/aromatic N) is 3. The molecule has 0 radical (unpaired) electrons. The Morgan fingerprint density at radius 1 is 1.00 bits per heavy atom. The standard InChI is InChI=1S/C24H26IN3O3/c1-24(2,3)31-23(30)27-14-12-26(13-15-27)22-20(16-29)19-6-4-5-7-21(19)28(22)18-10-8-17(25)9-11-18/h4-11,16H,12-15H2,1-3H3. The lowest BCUT2D eigenvalue weighted by Gasteiger charge is -2.37. The number of aldehydes is 1. The van der Waals surface area contributed by atoms with Gasteiger partial charge in [0.15, 0.2) is 6.29 Å². The predicted molar refractivity (Wildman–Crippen MR) is 131 cm³/mol. The van der Waals surface area contributed by atoms with Crippen molar-refractivity contribution in [3.05, 3.63) is 57.7 Å². The van der Waals surface area contributed by atoms with Gasteiger partial charge in [-0.2, -0.15) is 0 Å². The number of aromatic nitrogens is 1. The van der Waals surface area contributed by atoms with Crippen molar-refractivity contribution in [3.63, 3.8) is 0 Å². The fourth-order valence-electron chi connectivity index (χ4n) is 3.96. The van der Waals surface area contributed by atoms with Gasteiger partial charge in [-0.1, -0.05) is 18.2 Å². The average Bonchev–Trinajstić information content (AvgIpc) is 3.07. The zero-order valence-corrected chi connectivity index (χ0v) is 20.1. The summed E-state index contributed by atoms with van der Waals surface area (Å²) in [6.45, 7) is 7.95. The number of amides is 1. The van der Waals surface area contributed by atoms with Crippen LogP contribution in [0.4, 0.5) is 10.6 Å². The lowest BCUT2D eigenvalue weighted by atomic mass is 10.1. The molecule has 1 aliphatic heterocycles. The molecule has 1 aromatic heterocycles. The minimum Gasteiger partial charge on any atom is -0.444 e. The number of fused-ring (bicyclic) bond motifs is 1. The fourth-order valence-corrected chi connectivity index (χ4v) is 4.32. The Hall–Kier alpha value is -2.55. The third kappa shape index (κ3) is 4.42. The smallest absolute Gasteiger partial charge is 0.410 e. The molecule has 1 aliphatic rings. The topological polar surface area (TPSA) is 54.8 Å². The van der Waals surface area contributed by atoms with Crippen LogP contribution in [0.3, 0.4) is 0 Å². The highest BCUT2D eigenvalue weighted by Gasteiger charge is 2.29. The van der Waals surface area contributed by atoms with Crippen molar-refractivity contribution >= 4 is 51.7 Å². The molecule has 0 spiro atoms. The van der Waals surface area contributed by atoms with Gasteiger partial charge in [0.2, 0.25) is 0 Å². The van der Waals surface area contributed by atoms with E-state index in [-0.39, 0.29) is 6.09 Å². The minimum atomic E-state index is -0.518. The van der Waals surface area contributed by atoms with Gasteiger partial charge in [0, 0.05) is 40.8 Å². The van der Waals surface area contributed by atoms with Crippen molar-refractivity contribution in [1.29, 1.82) is 0 Å². The molecule has 1 amide bonds. The zero-order valence-electron chi connectivity index (χ0n) is 18.0. The number of carbonyl (C=O) groups excluding carboxylic acids is 2. The summed E-state index contributed by atoms with van der Waals surface area (Å²) in [5.41, 5.74) is 2.17. The number of carbonyl (C=O) groups is 2. The molecule has 0 aliphatic carbocycles. The van der Waals surface area contributed by atoms with Crippen molar-refractivity contribution in [2.45, 2.75) is 26.4 Å². The molecule has 0 N–H and O–H groups in total. The largest absolute Gasteiger partial charge is 0.444 e. The molecule has 2 aromatic carbocycles. The highest BCUT2D eigenvalue weighted by Crippen LogP contribution is 2.35. The maximum Gasteiger partial charge on any atom is 0.410 e. The van der Waals surface area contributed by atoms with E-state index in [0.717, 1.165) is 32.3 Å². The van der Waals surface area contributed by atoms with E-state index in [0.29, 0.717) is 31.7 Å². The van der Waals surface area contributed by atoms with Crippen molar-refractivity contribution in [3.8, 4) is 5.69 Å². The second kappa shape index (κ2) is 8.53. The van der Waals surface area contributed by atoms with Gasteiger partial charge in [0.25, 0.3) is 0 Å². The van der Waals surface area contributed by atoms with Crippen LogP contribution in [0, 0.1) is 3.57 Å². The maximum absolute atomic E-state index is 12.5. The highest BCUT2D eigenvalue weighted by molar-refractivity contribution is 14.1. The van der Waals surface area contributed by atoms with E-state index in [4.69, 9.17) is 4.74 Å². The molecule has 1 saturated heterocycles. The van der Waals surface area contributed by atoms with Crippen molar-refractivity contribution in [1.82, 2.24) is 9.47 Å². The number of rotatable bonds is 3. The molecule has 1 fully saturated rings. The molecule has 0 bridgehead atoms. The quantitative estimate of drug-likeness (QED) is 0.349. The zero-order chi connectivity index (χ0) is 22.2. The Balaban J connectivity index is 1.71. The summed E-state index contributed by atoms with van der Waals surface area (Å²) < 4.78 is 8.83. The monoisotopic (exact) mass is 531 g/mol. The molecule has 2 heterocycles. The van der Waals surface area contributed by atoms with Gasteiger partial charge < -0.3 is 14.5 Å². The Morgan fingerprint density at radius 2 is 1.65 bits per heavy atom. The third-order valence-electron chi connectivity index (χ3n) is 5.32. The third-order valence-corrected chi connectivity index (χ3v) is 6.04. The number of hydrogen-bond acceptors (Lipinski definition) is 4. The van der Waals surface area contributed by atoms with Gasteiger partial charge >= 0.3 is 6.09 Å². The maximum atomic E-state index is 12.5. The molecule has 3 aromatic rings. The van der Waals surface area contributed by atoms with Crippen LogP contribution in [0.2, 0.25) is 0 Å². The lowest BCUT2D eigenvalue weighted by Crippen LogP contribution is -2.50. The van der Waals surface area contributed by atoms with Gasteiger partial charge in [0.1, 0.15) is 11.4 Å². The Labute approximate surface area is 195 Å². The summed E-state index contributed by atoms with van der Waals surface area (Å²) in [5, 5.41) is 0.931. The van der Waals surface area contributed by atoms with Crippen LogP contribution >= 0.6 is 22.6 Å². The van der Waals surface area contributed by atoms with Gasteiger partial charge in [-0.25, -0.2) is 4.79 Å². The number of piperazine rings is 1. The van der Waals surface area contributed by atoms with Crippen LogP contribution in [-0.4, -0.2) is 53.6 Å². The molecular formula is C24H26IN3O3. The van der Waals surface area contributed by atoms with Crippen LogP contribution in [0.25, 0.3) is 16.6 Å². The van der Waals surface area contributed by atoms with Gasteiger partial charge in [0.05, 0.1) is 11.1 Å². The van der Waals surface area contributed by atoms with Gasteiger partial charge in [-0.05, 0) is 73.7 Å². The van der Waals surface area contributed by atoms with Crippen LogP contribution < -0.4 is 4.90 Å². The number of halogens is 1. The lowest BCUT2D eigenvalue weighted by molar-refractivity contribution is 0.0240. The second-order valence-corrected chi connectivity index (χ2v) is 9.88.